The Morgan fingerprint density at radius 2 is 1.84 bits per heavy atom. The number of carbonyl (C=O) groups excluding carboxylic acids is 2. The van der Waals surface area contributed by atoms with E-state index < -0.39 is 0 Å². The molecule has 3 aliphatic carbocycles. The maximum absolute atomic E-state index is 14.3. The molecule has 2 heterocycles. The van der Waals surface area contributed by atoms with Crippen LogP contribution in [-0.4, -0.2) is 57.9 Å². The zero-order valence-corrected chi connectivity index (χ0v) is 22.1. The monoisotopic (exact) mass is 502 g/mol. The minimum absolute atomic E-state index is 0.0292. The van der Waals surface area contributed by atoms with Crippen molar-refractivity contribution < 1.29 is 9.59 Å². The van der Waals surface area contributed by atoms with Crippen LogP contribution in [0, 0.1) is 5.92 Å². The normalized spacial score (nSPS) is 27.0. The number of rotatable bonds is 5. The van der Waals surface area contributed by atoms with Gasteiger partial charge in [-0.1, -0.05) is 56.7 Å². The number of hydrogen-bond acceptors (Lipinski definition) is 3. The number of urea groups is 1. The van der Waals surface area contributed by atoms with E-state index in [0.717, 1.165) is 70.8 Å². The predicted molar refractivity (Wildman–Crippen MR) is 148 cm³/mol. The summed E-state index contributed by atoms with van der Waals surface area (Å²) < 4.78 is 0. The zero-order valence-electron chi connectivity index (χ0n) is 22.1. The SMILES string of the molecule is C=CCN1CC(C(=O)N(C(=O)NC2CCCCC2)C2CCCCC2)CC2c3cccc4[nH]cc(c34)C[C@H]21. The number of H-pyrrole nitrogens is 1. The number of carbonyl (C=O) groups is 2. The van der Waals surface area contributed by atoms with Crippen LogP contribution < -0.4 is 5.32 Å². The first kappa shape index (κ1) is 24.7. The number of amides is 3. The van der Waals surface area contributed by atoms with Crippen molar-refractivity contribution >= 4 is 22.8 Å². The van der Waals surface area contributed by atoms with Gasteiger partial charge in [-0.15, -0.1) is 6.58 Å². The molecule has 0 spiro atoms. The van der Waals surface area contributed by atoms with Crippen LogP contribution >= 0.6 is 0 Å². The Morgan fingerprint density at radius 1 is 1.08 bits per heavy atom. The van der Waals surface area contributed by atoms with Gasteiger partial charge in [0.2, 0.25) is 5.91 Å². The van der Waals surface area contributed by atoms with Crippen molar-refractivity contribution in [1.82, 2.24) is 20.1 Å². The Kier molecular flexibility index (Phi) is 7.11. The summed E-state index contributed by atoms with van der Waals surface area (Å²) in [7, 11) is 0. The average molecular weight is 503 g/mol. The Balaban J connectivity index is 1.29. The molecule has 6 heteroatoms. The second kappa shape index (κ2) is 10.6. The molecule has 198 valence electrons. The molecular formula is C31H42N4O2. The first-order valence-electron chi connectivity index (χ1n) is 14.7. The van der Waals surface area contributed by atoms with Crippen LogP contribution in [0.4, 0.5) is 4.79 Å². The zero-order chi connectivity index (χ0) is 25.4. The smallest absolute Gasteiger partial charge is 0.324 e. The van der Waals surface area contributed by atoms with Crippen molar-refractivity contribution in [2.75, 3.05) is 13.1 Å². The average Bonchev–Trinajstić information content (AvgIpc) is 3.34. The maximum atomic E-state index is 14.3. The summed E-state index contributed by atoms with van der Waals surface area (Å²) in [5, 5.41) is 4.63. The molecule has 6 rings (SSSR count). The lowest BCUT2D eigenvalue weighted by molar-refractivity contribution is -0.137. The number of aromatic nitrogens is 1. The minimum Gasteiger partial charge on any atom is -0.361 e. The number of aromatic amines is 1. The Labute approximate surface area is 220 Å². The fraction of sp³-hybridized carbons (Fsp3) is 0.613. The van der Waals surface area contributed by atoms with Crippen LogP contribution in [0.15, 0.2) is 37.1 Å². The van der Waals surface area contributed by atoms with Gasteiger partial charge in [-0.25, -0.2) is 4.79 Å². The van der Waals surface area contributed by atoms with Crippen LogP contribution in [0.25, 0.3) is 10.9 Å². The van der Waals surface area contributed by atoms with Crippen molar-refractivity contribution in [3.05, 3.63) is 48.2 Å². The molecule has 3 atom stereocenters. The molecule has 37 heavy (non-hydrogen) atoms. The molecule has 2 aromatic rings. The van der Waals surface area contributed by atoms with E-state index in [1.807, 2.05) is 6.08 Å². The molecule has 2 N–H and O–H groups in total. The molecule has 3 amide bonds. The molecule has 0 radical (unpaired) electrons. The molecular weight excluding hydrogens is 460 g/mol. The van der Waals surface area contributed by atoms with E-state index in [9.17, 15) is 9.59 Å². The van der Waals surface area contributed by atoms with Gasteiger partial charge >= 0.3 is 6.03 Å². The predicted octanol–water partition coefficient (Wildman–Crippen LogP) is 5.89. The lowest BCUT2D eigenvalue weighted by atomic mass is 9.72. The Morgan fingerprint density at radius 3 is 2.59 bits per heavy atom. The fourth-order valence-corrected chi connectivity index (χ4v) is 7.83. The van der Waals surface area contributed by atoms with Crippen LogP contribution in [0.3, 0.4) is 0 Å². The Hall–Kier alpha value is -2.60. The van der Waals surface area contributed by atoms with Crippen LogP contribution in [-0.2, 0) is 11.2 Å². The summed E-state index contributed by atoms with van der Waals surface area (Å²) in [6.45, 7) is 5.49. The lowest BCUT2D eigenvalue weighted by Gasteiger charge is -2.47. The number of piperidine rings is 1. The second-order valence-electron chi connectivity index (χ2n) is 11.9. The highest BCUT2D eigenvalue weighted by Gasteiger charge is 2.45. The van der Waals surface area contributed by atoms with Crippen LogP contribution in [0.1, 0.15) is 87.7 Å². The third-order valence-corrected chi connectivity index (χ3v) is 9.62. The highest BCUT2D eigenvalue weighted by atomic mass is 16.2. The molecule has 1 aromatic heterocycles. The molecule has 3 fully saturated rings. The maximum Gasteiger partial charge on any atom is 0.324 e. The summed E-state index contributed by atoms with van der Waals surface area (Å²) in [6.07, 6.45) is 16.8. The lowest BCUT2D eigenvalue weighted by Crippen LogP contribution is -2.58. The van der Waals surface area contributed by atoms with Gasteiger partial charge in [-0.2, -0.15) is 0 Å². The van der Waals surface area contributed by atoms with Crippen molar-refractivity contribution in [3.8, 4) is 0 Å². The van der Waals surface area contributed by atoms with Crippen LogP contribution in [0.2, 0.25) is 0 Å². The molecule has 4 aliphatic rings. The van der Waals surface area contributed by atoms with Crippen LogP contribution in [0.5, 0.6) is 0 Å². The summed E-state index contributed by atoms with van der Waals surface area (Å²) >= 11 is 0. The first-order chi connectivity index (χ1) is 18.1. The fourth-order valence-electron chi connectivity index (χ4n) is 7.83. The van der Waals surface area contributed by atoms with Gasteiger partial charge in [0.1, 0.15) is 0 Å². The van der Waals surface area contributed by atoms with E-state index in [-0.39, 0.29) is 35.9 Å². The molecule has 0 bridgehead atoms. The minimum atomic E-state index is -0.184. The number of fused-ring (bicyclic) bond motifs is 2. The van der Waals surface area contributed by atoms with Crippen molar-refractivity contribution in [2.24, 2.45) is 5.92 Å². The van der Waals surface area contributed by atoms with Gasteiger partial charge in [0.15, 0.2) is 0 Å². The number of nitrogens with one attached hydrogen (secondary N) is 2. The quantitative estimate of drug-likeness (QED) is 0.501. The molecule has 2 saturated carbocycles. The summed E-state index contributed by atoms with van der Waals surface area (Å²) in [6, 6.07) is 6.99. The van der Waals surface area contributed by atoms with Gasteiger partial charge in [0.25, 0.3) is 0 Å². The summed E-state index contributed by atoms with van der Waals surface area (Å²) in [5.41, 5.74) is 3.92. The van der Waals surface area contributed by atoms with Gasteiger partial charge in [-0.3, -0.25) is 14.6 Å². The molecule has 1 aliphatic heterocycles. The number of imide groups is 1. The van der Waals surface area contributed by atoms with Gasteiger partial charge in [0, 0.05) is 54.2 Å². The number of nitrogens with zero attached hydrogens (tertiary/aromatic N) is 2. The largest absolute Gasteiger partial charge is 0.361 e. The van der Waals surface area contributed by atoms with E-state index in [1.54, 1.807) is 4.90 Å². The number of likely N-dealkylation sites (tertiary alicyclic amines) is 1. The second-order valence-corrected chi connectivity index (χ2v) is 11.9. The van der Waals surface area contributed by atoms with E-state index in [1.165, 1.54) is 34.9 Å². The molecule has 6 nitrogen and oxygen atoms in total. The Bertz CT molecular complexity index is 1140. The van der Waals surface area contributed by atoms with E-state index in [2.05, 4.69) is 46.2 Å². The molecule has 1 saturated heterocycles. The number of benzene rings is 1. The first-order valence-corrected chi connectivity index (χ1v) is 14.7. The highest BCUT2D eigenvalue weighted by molar-refractivity contribution is 5.96. The van der Waals surface area contributed by atoms with Crippen molar-refractivity contribution in [1.29, 1.82) is 0 Å². The third kappa shape index (κ3) is 4.73. The standard InChI is InChI=1S/C31H42N4O2/c1-2-16-34-20-22(17-26-25-14-9-15-27-29(25)21(19-32-27)18-28(26)34)30(36)35(24-12-7-4-8-13-24)31(37)33-23-10-5-3-6-11-23/h2,9,14-15,19,22-24,26,28,32H,1,3-8,10-13,16-18,20H2,(H,33,37)/t22?,26?,28-/m1/s1. The third-order valence-electron chi connectivity index (χ3n) is 9.62. The summed E-state index contributed by atoms with van der Waals surface area (Å²) in [4.78, 5) is 35.7. The molecule has 1 aromatic carbocycles. The highest BCUT2D eigenvalue weighted by Crippen LogP contribution is 2.45. The van der Waals surface area contributed by atoms with Gasteiger partial charge in [-0.05, 0) is 55.7 Å². The summed E-state index contributed by atoms with van der Waals surface area (Å²) in [5.74, 6) is 0.139. The van der Waals surface area contributed by atoms with Gasteiger partial charge < -0.3 is 10.3 Å². The van der Waals surface area contributed by atoms with Gasteiger partial charge in [0.05, 0.1) is 5.92 Å². The van der Waals surface area contributed by atoms with Crippen molar-refractivity contribution in [3.63, 3.8) is 0 Å². The van der Waals surface area contributed by atoms with E-state index in [0.29, 0.717) is 12.6 Å². The van der Waals surface area contributed by atoms with Crippen molar-refractivity contribution in [2.45, 2.75) is 101 Å². The topological polar surface area (TPSA) is 68.4 Å². The van der Waals surface area contributed by atoms with E-state index >= 15 is 0 Å². The van der Waals surface area contributed by atoms with E-state index in [4.69, 9.17) is 0 Å². The number of hydrogen-bond donors (Lipinski definition) is 2. The molecule has 2 unspecified atom stereocenters.